The fourth-order valence-corrected chi connectivity index (χ4v) is 2.84. The molecule has 2 aromatic carbocycles. The van der Waals surface area contributed by atoms with Crippen LogP contribution >= 0.6 is 11.6 Å². The van der Waals surface area contributed by atoms with E-state index in [0.29, 0.717) is 0 Å². The normalized spacial score (nSPS) is 12.4. The van der Waals surface area contributed by atoms with Crippen molar-refractivity contribution in [1.82, 2.24) is 0 Å². The Morgan fingerprint density at radius 1 is 1.05 bits per heavy atom. The van der Waals surface area contributed by atoms with Crippen molar-refractivity contribution in [3.05, 3.63) is 69.7 Å². The molecule has 0 spiro atoms. The monoisotopic (exact) mass is 274 g/mol. The van der Waals surface area contributed by atoms with Crippen LogP contribution < -0.4 is 0 Å². The van der Waals surface area contributed by atoms with Crippen LogP contribution in [0.25, 0.3) is 0 Å². The molecule has 2 aromatic rings. The van der Waals surface area contributed by atoms with Gasteiger partial charge < -0.3 is 5.11 Å². The van der Waals surface area contributed by atoms with Crippen LogP contribution in [0.5, 0.6) is 0 Å². The number of hydrogen-bond donors (Lipinski definition) is 1. The van der Waals surface area contributed by atoms with Crippen molar-refractivity contribution in [1.29, 1.82) is 0 Å². The lowest BCUT2D eigenvalue weighted by Crippen LogP contribution is -2.08. The van der Waals surface area contributed by atoms with Gasteiger partial charge in [0.05, 0.1) is 6.61 Å². The van der Waals surface area contributed by atoms with Gasteiger partial charge in [-0.1, -0.05) is 59.1 Å². The third-order valence-corrected chi connectivity index (χ3v) is 3.67. The largest absolute Gasteiger partial charge is 0.396 e. The van der Waals surface area contributed by atoms with Crippen LogP contribution in [0.15, 0.2) is 42.5 Å². The molecule has 0 aromatic heterocycles. The van der Waals surface area contributed by atoms with Crippen LogP contribution in [-0.4, -0.2) is 11.7 Å². The highest BCUT2D eigenvalue weighted by molar-refractivity contribution is 6.31. The molecule has 0 aliphatic carbocycles. The van der Waals surface area contributed by atoms with Gasteiger partial charge >= 0.3 is 0 Å². The van der Waals surface area contributed by atoms with Gasteiger partial charge in [0.15, 0.2) is 0 Å². The summed E-state index contributed by atoms with van der Waals surface area (Å²) in [5.74, 6) is 0.0508. The van der Waals surface area contributed by atoms with Crippen molar-refractivity contribution in [3.8, 4) is 0 Å². The first-order chi connectivity index (χ1) is 9.10. The minimum absolute atomic E-state index is 0.0508. The molecule has 0 saturated heterocycles. The van der Waals surface area contributed by atoms with E-state index in [1.54, 1.807) is 0 Å². The second-order valence-corrected chi connectivity index (χ2v) is 5.51. The third-order valence-electron chi connectivity index (χ3n) is 3.33. The lowest BCUT2D eigenvalue weighted by Gasteiger charge is -2.17. The highest BCUT2D eigenvalue weighted by Crippen LogP contribution is 2.27. The van der Waals surface area contributed by atoms with E-state index in [4.69, 9.17) is 11.6 Å². The molecule has 0 amide bonds. The van der Waals surface area contributed by atoms with Crippen LogP contribution in [-0.2, 0) is 6.42 Å². The number of halogens is 1. The smallest absolute Gasteiger partial charge is 0.0503 e. The number of benzene rings is 2. The fourth-order valence-electron chi connectivity index (χ4n) is 2.55. The lowest BCUT2D eigenvalue weighted by atomic mass is 9.91. The van der Waals surface area contributed by atoms with Gasteiger partial charge in [-0.05, 0) is 37.5 Å². The lowest BCUT2D eigenvalue weighted by molar-refractivity contribution is 0.264. The molecule has 0 aliphatic heterocycles. The zero-order valence-corrected chi connectivity index (χ0v) is 12.1. The molecule has 1 unspecified atom stereocenters. The Bertz CT molecular complexity index is 543. The zero-order valence-electron chi connectivity index (χ0n) is 11.4. The molecule has 0 radical (unpaired) electrons. The Morgan fingerprint density at radius 2 is 1.68 bits per heavy atom. The predicted octanol–water partition coefficient (Wildman–Crippen LogP) is 4.28. The Kier molecular flexibility index (Phi) is 4.62. The van der Waals surface area contributed by atoms with E-state index in [0.717, 1.165) is 17.0 Å². The summed E-state index contributed by atoms with van der Waals surface area (Å²) in [5, 5.41) is 10.4. The van der Waals surface area contributed by atoms with Gasteiger partial charge in [-0.25, -0.2) is 0 Å². The Hall–Kier alpha value is -1.31. The summed E-state index contributed by atoms with van der Waals surface area (Å²) in [5.41, 5.74) is 4.78. The average Bonchev–Trinajstić information content (AvgIpc) is 2.36. The van der Waals surface area contributed by atoms with Gasteiger partial charge in [0.25, 0.3) is 0 Å². The first-order valence-electron chi connectivity index (χ1n) is 6.52. The topological polar surface area (TPSA) is 20.2 Å². The number of hydrogen-bond acceptors (Lipinski definition) is 1. The van der Waals surface area contributed by atoms with Crippen LogP contribution in [0.1, 0.15) is 28.2 Å². The highest BCUT2D eigenvalue weighted by Gasteiger charge is 2.14. The molecule has 100 valence electrons. The Labute approximate surface area is 119 Å². The number of aliphatic hydroxyl groups excluding tert-OH is 1. The molecule has 0 aliphatic rings. The first kappa shape index (κ1) is 14.1. The van der Waals surface area contributed by atoms with Crippen LogP contribution in [0.4, 0.5) is 0 Å². The van der Waals surface area contributed by atoms with Crippen LogP contribution in [0, 0.1) is 13.8 Å². The highest BCUT2D eigenvalue weighted by atomic mass is 35.5. The summed E-state index contributed by atoms with van der Waals surface area (Å²) >= 11 is 6.22. The average molecular weight is 275 g/mol. The second kappa shape index (κ2) is 6.23. The van der Waals surface area contributed by atoms with Crippen LogP contribution in [0.3, 0.4) is 0 Å². The quantitative estimate of drug-likeness (QED) is 0.882. The molecule has 2 rings (SSSR count). The van der Waals surface area contributed by atoms with Crippen molar-refractivity contribution in [3.63, 3.8) is 0 Å². The van der Waals surface area contributed by atoms with Crippen molar-refractivity contribution >= 4 is 11.6 Å². The molecule has 0 saturated carbocycles. The first-order valence-corrected chi connectivity index (χ1v) is 6.90. The molecule has 1 atom stereocenters. The van der Waals surface area contributed by atoms with E-state index in [1.165, 1.54) is 16.7 Å². The Morgan fingerprint density at radius 3 is 2.26 bits per heavy atom. The van der Waals surface area contributed by atoms with Gasteiger partial charge in [-0.2, -0.15) is 0 Å². The second-order valence-electron chi connectivity index (χ2n) is 5.10. The number of aliphatic hydroxyl groups is 1. The maximum absolute atomic E-state index is 9.65. The summed E-state index contributed by atoms with van der Waals surface area (Å²) < 4.78 is 0. The maximum atomic E-state index is 9.65. The molecule has 0 fully saturated rings. The van der Waals surface area contributed by atoms with Crippen molar-refractivity contribution in [2.24, 2.45) is 0 Å². The van der Waals surface area contributed by atoms with Crippen molar-refractivity contribution in [2.75, 3.05) is 6.61 Å². The van der Waals surface area contributed by atoms with E-state index in [-0.39, 0.29) is 12.5 Å². The zero-order chi connectivity index (χ0) is 13.8. The Balaban J connectivity index is 2.26. The molecule has 19 heavy (non-hydrogen) atoms. The minimum atomic E-state index is 0.0508. The summed E-state index contributed by atoms with van der Waals surface area (Å²) in [6.07, 6.45) is 0.808. The standard InChI is InChI=1S/C17H19ClO/c1-12-7-13(2)9-14(8-12)10-15(11-19)16-5-3-4-6-17(16)18/h3-9,15,19H,10-11H2,1-2H3. The van der Waals surface area contributed by atoms with Gasteiger partial charge in [0.2, 0.25) is 0 Å². The van der Waals surface area contributed by atoms with Gasteiger partial charge in [-0.3, -0.25) is 0 Å². The molecule has 0 heterocycles. The summed E-state index contributed by atoms with van der Waals surface area (Å²) in [6, 6.07) is 14.3. The van der Waals surface area contributed by atoms with Crippen molar-refractivity contribution < 1.29 is 5.11 Å². The summed E-state index contributed by atoms with van der Waals surface area (Å²) in [4.78, 5) is 0. The SMILES string of the molecule is Cc1cc(C)cc(CC(CO)c2ccccc2Cl)c1. The number of rotatable bonds is 4. The summed E-state index contributed by atoms with van der Waals surface area (Å²) in [7, 11) is 0. The van der Waals surface area contributed by atoms with Gasteiger partial charge in [0, 0.05) is 10.9 Å². The van der Waals surface area contributed by atoms with E-state index in [2.05, 4.69) is 32.0 Å². The molecule has 1 nitrogen and oxygen atoms in total. The number of aryl methyl sites for hydroxylation is 2. The maximum Gasteiger partial charge on any atom is 0.0503 e. The van der Waals surface area contributed by atoms with E-state index >= 15 is 0 Å². The van der Waals surface area contributed by atoms with E-state index in [1.807, 2.05) is 24.3 Å². The van der Waals surface area contributed by atoms with Crippen LogP contribution in [0.2, 0.25) is 5.02 Å². The fraction of sp³-hybridized carbons (Fsp3) is 0.294. The van der Waals surface area contributed by atoms with E-state index in [9.17, 15) is 5.11 Å². The summed E-state index contributed by atoms with van der Waals surface area (Å²) in [6.45, 7) is 4.30. The molecule has 1 N–H and O–H groups in total. The molecular formula is C17H19ClO. The van der Waals surface area contributed by atoms with Crippen molar-refractivity contribution in [2.45, 2.75) is 26.2 Å². The molecular weight excluding hydrogens is 256 g/mol. The minimum Gasteiger partial charge on any atom is -0.396 e. The molecule has 0 bridgehead atoms. The third kappa shape index (κ3) is 3.59. The van der Waals surface area contributed by atoms with E-state index < -0.39 is 0 Å². The predicted molar refractivity (Wildman–Crippen MR) is 80.9 cm³/mol. The van der Waals surface area contributed by atoms with Gasteiger partial charge in [-0.15, -0.1) is 0 Å². The van der Waals surface area contributed by atoms with Gasteiger partial charge in [0.1, 0.15) is 0 Å². The molecule has 2 heteroatoms.